The lowest BCUT2D eigenvalue weighted by Gasteiger charge is -2.38. The molecule has 2 rings (SSSR count). The predicted octanol–water partition coefficient (Wildman–Crippen LogP) is 4.55. The highest BCUT2D eigenvalue weighted by atomic mass is 16.1. The van der Waals surface area contributed by atoms with E-state index in [9.17, 15) is 4.79 Å². The molecular weight excluding hydrogens is 258 g/mol. The van der Waals surface area contributed by atoms with Gasteiger partial charge in [-0.2, -0.15) is 0 Å². The van der Waals surface area contributed by atoms with Gasteiger partial charge in [-0.25, -0.2) is 0 Å². The van der Waals surface area contributed by atoms with Crippen molar-refractivity contribution in [3.63, 3.8) is 0 Å². The van der Waals surface area contributed by atoms with Crippen LogP contribution in [0.4, 0.5) is 0 Å². The van der Waals surface area contributed by atoms with Crippen LogP contribution < -0.4 is 0 Å². The Morgan fingerprint density at radius 3 is 2.33 bits per heavy atom. The zero-order chi connectivity index (χ0) is 15.3. The Morgan fingerprint density at radius 2 is 1.76 bits per heavy atom. The zero-order valence-electron chi connectivity index (χ0n) is 13.8. The third-order valence-corrected chi connectivity index (χ3v) is 4.75. The number of carbonyl (C=O) groups excluding carboxylic acids is 1. The molecule has 1 fully saturated rings. The summed E-state index contributed by atoms with van der Waals surface area (Å²) in [6.45, 7) is 8.30. The van der Waals surface area contributed by atoms with Gasteiger partial charge in [0.2, 0.25) is 0 Å². The summed E-state index contributed by atoms with van der Waals surface area (Å²) >= 11 is 0. The molecule has 0 spiro atoms. The van der Waals surface area contributed by atoms with Crippen molar-refractivity contribution in [3.05, 3.63) is 35.9 Å². The van der Waals surface area contributed by atoms with Gasteiger partial charge in [0.25, 0.3) is 0 Å². The maximum Gasteiger partial charge on any atom is 0.169 e. The van der Waals surface area contributed by atoms with E-state index in [1.807, 2.05) is 30.3 Å². The second-order valence-corrected chi connectivity index (χ2v) is 6.93. The Balaban J connectivity index is 2.05. The Labute approximate surface area is 129 Å². The quantitative estimate of drug-likeness (QED) is 0.715. The highest BCUT2D eigenvalue weighted by Gasteiger charge is 2.32. The third kappa shape index (κ3) is 4.16. The van der Waals surface area contributed by atoms with E-state index < -0.39 is 0 Å². The summed E-state index contributed by atoms with van der Waals surface area (Å²) in [7, 11) is 0. The molecule has 1 aromatic rings. The molecule has 1 aliphatic rings. The Bertz CT molecular complexity index is 446. The summed E-state index contributed by atoms with van der Waals surface area (Å²) in [5, 5.41) is 0. The standard InChI is InChI=1S/C19H29NO/c1-4-20(17-13-9-6-10-14-17)15-19(2,3)18(21)16-11-7-5-8-12-16/h5,7-8,11-12,17H,4,6,9-10,13-15H2,1-3H3. The summed E-state index contributed by atoms with van der Waals surface area (Å²) in [6.07, 6.45) is 6.65. The molecule has 0 aliphatic heterocycles. The van der Waals surface area contributed by atoms with Gasteiger partial charge in [-0.05, 0) is 19.4 Å². The van der Waals surface area contributed by atoms with Gasteiger partial charge in [-0.3, -0.25) is 9.69 Å². The third-order valence-electron chi connectivity index (χ3n) is 4.75. The number of carbonyl (C=O) groups is 1. The van der Waals surface area contributed by atoms with Crippen LogP contribution in [0.2, 0.25) is 0 Å². The van der Waals surface area contributed by atoms with Crippen LogP contribution in [0.1, 0.15) is 63.2 Å². The molecule has 0 amide bonds. The van der Waals surface area contributed by atoms with Crippen LogP contribution in [-0.4, -0.2) is 29.8 Å². The van der Waals surface area contributed by atoms with Crippen molar-refractivity contribution in [2.45, 2.75) is 58.9 Å². The van der Waals surface area contributed by atoms with Gasteiger partial charge in [-0.15, -0.1) is 0 Å². The van der Waals surface area contributed by atoms with Gasteiger partial charge in [0.1, 0.15) is 0 Å². The predicted molar refractivity (Wildman–Crippen MR) is 88.7 cm³/mol. The minimum atomic E-state index is -0.325. The molecule has 0 atom stereocenters. The molecule has 0 radical (unpaired) electrons. The van der Waals surface area contributed by atoms with Crippen LogP contribution in [0, 0.1) is 5.41 Å². The van der Waals surface area contributed by atoms with Crippen molar-refractivity contribution in [2.24, 2.45) is 5.41 Å². The lowest BCUT2D eigenvalue weighted by molar-refractivity contribution is 0.0681. The van der Waals surface area contributed by atoms with Crippen LogP contribution >= 0.6 is 0 Å². The second-order valence-electron chi connectivity index (χ2n) is 6.93. The molecule has 1 aliphatic carbocycles. The molecule has 1 aromatic carbocycles. The van der Waals surface area contributed by atoms with E-state index in [0.29, 0.717) is 6.04 Å². The van der Waals surface area contributed by atoms with Crippen molar-refractivity contribution >= 4 is 5.78 Å². The minimum absolute atomic E-state index is 0.261. The van der Waals surface area contributed by atoms with E-state index in [2.05, 4.69) is 25.7 Å². The van der Waals surface area contributed by atoms with Gasteiger partial charge in [0.15, 0.2) is 5.78 Å². The fourth-order valence-electron chi connectivity index (χ4n) is 3.51. The van der Waals surface area contributed by atoms with Crippen LogP contribution in [-0.2, 0) is 0 Å². The minimum Gasteiger partial charge on any atom is -0.300 e. The fraction of sp³-hybridized carbons (Fsp3) is 0.632. The molecule has 1 saturated carbocycles. The first kappa shape index (κ1) is 16.2. The first-order chi connectivity index (χ1) is 10.0. The highest BCUT2D eigenvalue weighted by Crippen LogP contribution is 2.28. The Morgan fingerprint density at radius 1 is 1.14 bits per heavy atom. The molecule has 0 bridgehead atoms. The van der Waals surface area contributed by atoms with Crippen molar-refractivity contribution in [3.8, 4) is 0 Å². The largest absolute Gasteiger partial charge is 0.300 e. The first-order valence-corrected chi connectivity index (χ1v) is 8.38. The molecular formula is C19H29NO. The lowest BCUT2D eigenvalue weighted by atomic mass is 9.82. The number of rotatable bonds is 6. The first-order valence-electron chi connectivity index (χ1n) is 8.38. The molecule has 0 unspecified atom stereocenters. The Kier molecular flexibility index (Phi) is 5.58. The number of benzene rings is 1. The maximum atomic E-state index is 12.8. The molecule has 2 heteroatoms. The number of Topliss-reactive ketones (excluding diaryl/α,β-unsaturated/α-hetero) is 1. The second kappa shape index (κ2) is 7.22. The summed E-state index contributed by atoms with van der Waals surface area (Å²) in [5.74, 6) is 0.261. The van der Waals surface area contributed by atoms with E-state index in [1.165, 1.54) is 32.1 Å². The average molecular weight is 287 g/mol. The van der Waals surface area contributed by atoms with Crippen LogP contribution in [0.25, 0.3) is 0 Å². The number of hydrogen-bond donors (Lipinski definition) is 0. The van der Waals surface area contributed by atoms with E-state index in [1.54, 1.807) is 0 Å². The molecule has 0 heterocycles. The smallest absolute Gasteiger partial charge is 0.169 e. The van der Waals surface area contributed by atoms with Crippen molar-refractivity contribution in [1.82, 2.24) is 4.90 Å². The van der Waals surface area contributed by atoms with Gasteiger partial charge >= 0.3 is 0 Å². The number of ketones is 1. The molecule has 0 saturated heterocycles. The topological polar surface area (TPSA) is 20.3 Å². The summed E-state index contributed by atoms with van der Waals surface area (Å²) in [6, 6.07) is 10.4. The van der Waals surface area contributed by atoms with Crippen molar-refractivity contribution in [2.75, 3.05) is 13.1 Å². The monoisotopic (exact) mass is 287 g/mol. The van der Waals surface area contributed by atoms with Gasteiger partial charge in [-0.1, -0.05) is 70.4 Å². The maximum absolute atomic E-state index is 12.8. The molecule has 2 nitrogen and oxygen atoms in total. The van der Waals surface area contributed by atoms with E-state index >= 15 is 0 Å². The van der Waals surface area contributed by atoms with E-state index in [4.69, 9.17) is 0 Å². The number of nitrogens with zero attached hydrogens (tertiary/aromatic N) is 1. The zero-order valence-corrected chi connectivity index (χ0v) is 13.8. The molecule has 0 N–H and O–H groups in total. The van der Waals surface area contributed by atoms with Crippen LogP contribution in [0.15, 0.2) is 30.3 Å². The van der Waals surface area contributed by atoms with Gasteiger partial charge in [0, 0.05) is 23.6 Å². The van der Waals surface area contributed by atoms with E-state index in [-0.39, 0.29) is 11.2 Å². The SMILES string of the molecule is CCN(CC(C)(C)C(=O)c1ccccc1)C1CCCCC1. The van der Waals surface area contributed by atoms with Crippen molar-refractivity contribution in [1.29, 1.82) is 0 Å². The normalized spacial score (nSPS) is 17.1. The van der Waals surface area contributed by atoms with E-state index in [0.717, 1.165) is 18.7 Å². The summed E-state index contributed by atoms with van der Waals surface area (Å²) < 4.78 is 0. The molecule has 0 aromatic heterocycles. The van der Waals surface area contributed by atoms with Crippen molar-refractivity contribution < 1.29 is 4.79 Å². The highest BCUT2D eigenvalue weighted by molar-refractivity contribution is 6.00. The number of hydrogen-bond acceptors (Lipinski definition) is 2. The van der Waals surface area contributed by atoms with Gasteiger partial charge < -0.3 is 0 Å². The van der Waals surface area contributed by atoms with Gasteiger partial charge in [0.05, 0.1) is 0 Å². The molecule has 21 heavy (non-hydrogen) atoms. The lowest BCUT2D eigenvalue weighted by Crippen LogP contribution is -2.45. The fourth-order valence-corrected chi connectivity index (χ4v) is 3.51. The molecule has 116 valence electrons. The van der Waals surface area contributed by atoms with Crippen LogP contribution in [0.5, 0.6) is 0 Å². The average Bonchev–Trinajstić information content (AvgIpc) is 2.53. The Hall–Kier alpha value is -1.15. The summed E-state index contributed by atoms with van der Waals surface area (Å²) in [4.78, 5) is 15.3. The van der Waals surface area contributed by atoms with Crippen LogP contribution in [0.3, 0.4) is 0 Å². The summed E-state index contributed by atoms with van der Waals surface area (Å²) in [5.41, 5.74) is 0.511.